The first-order chi connectivity index (χ1) is 9.18. The van der Waals surface area contributed by atoms with E-state index in [0.29, 0.717) is 5.65 Å². The van der Waals surface area contributed by atoms with E-state index in [1.165, 1.54) is 0 Å². The van der Waals surface area contributed by atoms with Gasteiger partial charge in [0.2, 0.25) is 0 Å². The molecule has 0 amide bonds. The lowest BCUT2D eigenvalue weighted by Crippen LogP contribution is -2.27. The quantitative estimate of drug-likeness (QED) is 0.898. The van der Waals surface area contributed by atoms with Gasteiger partial charge >= 0.3 is 5.97 Å². The summed E-state index contributed by atoms with van der Waals surface area (Å²) >= 11 is 0. The maximum absolute atomic E-state index is 11.4. The molecule has 5 nitrogen and oxygen atoms in total. The maximum Gasteiger partial charge on any atom is 0.307 e. The molecule has 100 valence electrons. The lowest BCUT2D eigenvalue weighted by molar-refractivity contribution is -0.143. The van der Waals surface area contributed by atoms with Gasteiger partial charge in [-0.1, -0.05) is 12.8 Å². The number of aromatic nitrogens is 3. The van der Waals surface area contributed by atoms with Gasteiger partial charge in [0.25, 0.3) is 0 Å². The Morgan fingerprint density at radius 3 is 2.95 bits per heavy atom. The molecule has 1 aliphatic carbocycles. The predicted molar refractivity (Wildman–Crippen MR) is 70.8 cm³/mol. The molecule has 0 bridgehead atoms. The van der Waals surface area contributed by atoms with Crippen LogP contribution in [0.5, 0.6) is 0 Å². The Morgan fingerprint density at radius 1 is 1.42 bits per heavy atom. The van der Waals surface area contributed by atoms with E-state index >= 15 is 0 Å². The van der Waals surface area contributed by atoms with Gasteiger partial charge < -0.3 is 9.67 Å². The van der Waals surface area contributed by atoms with Crippen LogP contribution in [0.1, 0.15) is 37.4 Å². The highest BCUT2D eigenvalue weighted by Gasteiger charge is 2.34. The fourth-order valence-corrected chi connectivity index (χ4v) is 3.11. The smallest absolute Gasteiger partial charge is 0.307 e. The van der Waals surface area contributed by atoms with Crippen LogP contribution in [-0.4, -0.2) is 25.6 Å². The monoisotopic (exact) mass is 259 g/mol. The molecule has 0 aliphatic heterocycles. The lowest BCUT2D eigenvalue weighted by Gasteiger charge is -2.27. The number of fused-ring (bicyclic) bond motifs is 1. The molecule has 5 heteroatoms. The number of pyridine rings is 1. The van der Waals surface area contributed by atoms with Gasteiger partial charge in [-0.2, -0.15) is 0 Å². The first kappa shape index (κ1) is 12.1. The summed E-state index contributed by atoms with van der Waals surface area (Å²) in [6.45, 7) is 0. The van der Waals surface area contributed by atoms with Gasteiger partial charge in [0, 0.05) is 19.2 Å². The summed E-state index contributed by atoms with van der Waals surface area (Å²) in [7, 11) is 1.94. The maximum atomic E-state index is 11.4. The van der Waals surface area contributed by atoms with Crippen LogP contribution in [0.3, 0.4) is 0 Å². The number of carbonyl (C=O) groups is 1. The van der Waals surface area contributed by atoms with E-state index in [-0.39, 0.29) is 11.8 Å². The molecule has 0 radical (unpaired) electrons. The molecular formula is C14H17N3O2. The Kier molecular flexibility index (Phi) is 2.97. The first-order valence-corrected chi connectivity index (χ1v) is 6.68. The Morgan fingerprint density at radius 2 is 2.21 bits per heavy atom. The third kappa shape index (κ3) is 1.99. The summed E-state index contributed by atoms with van der Waals surface area (Å²) in [6.07, 6.45) is 5.43. The normalized spacial score (nSPS) is 23.6. The fraction of sp³-hybridized carbons (Fsp3) is 0.500. The van der Waals surface area contributed by atoms with Gasteiger partial charge in [-0.15, -0.1) is 0 Å². The van der Waals surface area contributed by atoms with Crippen molar-refractivity contribution in [2.24, 2.45) is 13.0 Å². The number of rotatable bonds is 2. The zero-order chi connectivity index (χ0) is 13.4. The van der Waals surface area contributed by atoms with Gasteiger partial charge in [-0.05, 0) is 25.0 Å². The van der Waals surface area contributed by atoms with Gasteiger partial charge in [-0.3, -0.25) is 4.79 Å². The van der Waals surface area contributed by atoms with Crippen LogP contribution >= 0.6 is 0 Å². The van der Waals surface area contributed by atoms with Crippen molar-refractivity contribution in [3.63, 3.8) is 0 Å². The lowest BCUT2D eigenvalue weighted by atomic mass is 9.79. The zero-order valence-corrected chi connectivity index (χ0v) is 10.9. The molecule has 2 atom stereocenters. The van der Waals surface area contributed by atoms with E-state index in [4.69, 9.17) is 0 Å². The number of nitrogens with zero attached hydrogens (tertiary/aromatic N) is 3. The molecule has 2 aromatic heterocycles. The minimum Gasteiger partial charge on any atom is -0.481 e. The van der Waals surface area contributed by atoms with E-state index in [2.05, 4.69) is 9.97 Å². The highest BCUT2D eigenvalue weighted by molar-refractivity contribution is 5.73. The summed E-state index contributed by atoms with van der Waals surface area (Å²) in [4.78, 5) is 20.2. The Labute approximate surface area is 111 Å². The Hall–Kier alpha value is -1.91. The van der Waals surface area contributed by atoms with Crippen molar-refractivity contribution < 1.29 is 9.90 Å². The first-order valence-electron chi connectivity index (χ1n) is 6.68. The van der Waals surface area contributed by atoms with Crippen LogP contribution in [0, 0.1) is 5.92 Å². The standard InChI is InChI=1S/C14H17N3O2/c1-17-11-7-4-8-15-12(11)16-13(17)9-5-2-3-6-10(9)14(18)19/h4,7-10H,2-3,5-6H2,1H3,(H,18,19). The van der Waals surface area contributed by atoms with Crippen molar-refractivity contribution in [2.75, 3.05) is 0 Å². The highest BCUT2D eigenvalue weighted by atomic mass is 16.4. The van der Waals surface area contributed by atoms with Crippen molar-refractivity contribution in [3.8, 4) is 0 Å². The van der Waals surface area contributed by atoms with Gasteiger partial charge in [0.15, 0.2) is 5.65 Å². The fourth-order valence-electron chi connectivity index (χ4n) is 3.11. The average Bonchev–Trinajstić information content (AvgIpc) is 2.76. The van der Waals surface area contributed by atoms with E-state index < -0.39 is 5.97 Å². The SMILES string of the molecule is Cn1c(C2CCCCC2C(=O)O)nc2ncccc21. The number of hydrogen-bond donors (Lipinski definition) is 1. The Bertz CT molecular complexity index is 620. The second-order valence-electron chi connectivity index (χ2n) is 5.21. The third-order valence-corrected chi connectivity index (χ3v) is 4.11. The van der Waals surface area contributed by atoms with E-state index in [1.807, 2.05) is 23.7 Å². The molecule has 1 aliphatic rings. The topological polar surface area (TPSA) is 68.0 Å². The molecule has 3 rings (SSSR count). The highest BCUT2D eigenvalue weighted by Crippen LogP contribution is 2.38. The summed E-state index contributed by atoms with van der Waals surface area (Å²) in [5.41, 5.74) is 1.67. The van der Waals surface area contributed by atoms with Crippen LogP contribution in [0.25, 0.3) is 11.2 Å². The largest absolute Gasteiger partial charge is 0.481 e. The summed E-state index contributed by atoms with van der Waals surface area (Å²) in [6, 6.07) is 3.85. The predicted octanol–water partition coefficient (Wildman–Crippen LogP) is 2.33. The summed E-state index contributed by atoms with van der Waals surface area (Å²) in [5.74, 6) is -0.153. The van der Waals surface area contributed by atoms with E-state index in [9.17, 15) is 9.90 Å². The molecular weight excluding hydrogens is 242 g/mol. The molecule has 0 saturated heterocycles. The van der Waals surface area contributed by atoms with Crippen molar-refractivity contribution >= 4 is 17.1 Å². The summed E-state index contributed by atoms with van der Waals surface area (Å²) in [5, 5.41) is 9.38. The minimum absolute atomic E-state index is 0.00505. The van der Waals surface area contributed by atoms with Gasteiger partial charge in [-0.25, -0.2) is 9.97 Å². The van der Waals surface area contributed by atoms with Crippen molar-refractivity contribution in [3.05, 3.63) is 24.2 Å². The second kappa shape index (κ2) is 4.64. The van der Waals surface area contributed by atoms with Crippen LogP contribution < -0.4 is 0 Å². The van der Waals surface area contributed by atoms with Crippen LogP contribution in [0.4, 0.5) is 0 Å². The van der Waals surface area contributed by atoms with Gasteiger partial charge in [0.05, 0.1) is 11.4 Å². The third-order valence-electron chi connectivity index (χ3n) is 4.11. The van der Waals surface area contributed by atoms with E-state index in [0.717, 1.165) is 37.0 Å². The molecule has 1 N–H and O–H groups in total. The molecule has 2 heterocycles. The number of aliphatic carboxylic acids is 1. The molecule has 19 heavy (non-hydrogen) atoms. The van der Waals surface area contributed by atoms with Gasteiger partial charge in [0.1, 0.15) is 5.82 Å². The number of aryl methyl sites for hydroxylation is 1. The molecule has 2 aromatic rings. The minimum atomic E-state index is -0.704. The average molecular weight is 259 g/mol. The Balaban J connectivity index is 2.07. The van der Waals surface area contributed by atoms with Crippen molar-refractivity contribution in [2.45, 2.75) is 31.6 Å². The zero-order valence-electron chi connectivity index (χ0n) is 10.9. The molecule has 1 fully saturated rings. The number of carboxylic acid groups (broad SMARTS) is 1. The van der Waals surface area contributed by atoms with Crippen LogP contribution in [0.2, 0.25) is 0 Å². The van der Waals surface area contributed by atoms with Crippen LogP contribution in [-0.2, 0) is 11.8 Å². The number of carboxylic acids is 1. The number of hydrogen-bond acceptors (Lipinski definition) is 3. The molecule has 0 aromatic carbocycles. The number of imidazole rings is 1. The molecule has 0 spiro atoms. The van der Waals surface area contributed by atoms with Crippen molar-refractivity contribution in [1.29, 1.82) is 0 Å². The van der Waals surface area contributed by atoms with Crippen molar-refractivity contribution in [1.82, 2.24) is 14.5 Å². The summed E-state index contributed by atoms with van der Waals surface area (Å²) < 4.78 is 1.99. The van der Waals surface area contributed by atoms with Crippen LogP contribution in [0.15, 0.2) is 18.3 Å². The van der Waals surface area contributed by atoms with E-state index in [1.54, 1.807) is 6.20 Å². The molecule has 2 unspecified atom stereocenters. The second-order valence-corrected chi connectivity index (χ2v) is 5.21. The molecule has 1 saturated carbocycles.